The first kappa shape index (κ1) is 7.06. The standard InChI is InChI=1S/C6H3N5/c7-4-6-5(10-11-8)2-1-3-9-6/h1-3H. The van der Waals surface area contributed by atoms with Crippen molar-refractivity contribution in [2.45, 2.75) is 0 Å². The summed E-state index contributed by atoms with van der Waals surface area (Å²) in [4.78, 5) is 6.24. The topological polar surface area (TPSA) is 85.4 Å². The second-order valence-corrected chi connectivity index (χ2v) is 1.67. The van der Waals surface area contributed by atoms with Crippen LogP contribution in [0.4, 0.5) is 5.69 Å². The third-order valence-corrected chi connectivity index (χ3v) is 1.04. The predicted molar refractivity (Wildman–Crippen MR) is 37.8 cm³/mol. The van der Waals surface area contributed by atoms with Crippen molar-refractivity contribution in [3.8, 4) is 6.07 Å². The second kappa shape index (κ2) is 3.20. The quantitative estimate of drug-likeness (QED) is 0.343. The molecule has 1 heterocycles. The number of aromatic nitrogens is 1. The summed E-state index contributed by atoms with van der Waals surface area (Å²) in [5, 5.41) is 11.7. The van der Waals surface area contributed by atoms with E-state index >= 15 is 0 Å². The van der Waals surface area contributed by atoms with E-state index in [1.54, 1.807) is 12.1 Å². The SMILES string of the molecule is N#Cc1ncccc1N=[N+]=[N-]. The summed E-state index contributed by atoms with van der Waals surface area (Å²) in [5.74, 6) is 0. The van der Waals surface area contributed by atoms with E-state index in [9.17, 15) is 0 Å². The van der Waals surface area contributed by atoms with Crippen LogP contribution in [0.1, 0.15) is 5.69 Å². The first-order valence-corrected chi connectivity index (χ1v) is 2.78. The molecule has 0 amide bonds. The summed E-state index contributed by atoms with van der Waals surface area (Å²) in [6.45, 7) is 0. The minimum absolute atomic E-state index is 0.144. The fraction of sp³-hybridized carbons (Fsp3) is 0. The summed E-state index contributed by atoms with van der Waals surface area (Å²) >= 11 is 0. The van der Waals surface area contributed by atoms with Gasteiger partial charge in [-0.15, -0.1) is 0 Å². The smallest absolute Gasteiger partial charge is 0.149 e. The highest BCUT2D eigenvalue weighted by Crippen LogP contribution is 2.14. The molecular formula is C6H3N5. The van der Waals surface area contributed by atoms with Crippen LogP contribution in [0, 0.1) is 11.3 Å². The highest BCUT2D eigenvalue weighted by Gasteiger charge is 1.96. The highest BCUT2D eigenvalue weighted by molar-refractivity contribution is 5.47. The van der Waals surface area contributed by atoms with Gasteiger partial charge in [-0.05, 0) is 17.7 Å². The van der Waals surface area contributed by atoms with E-state index in [4.69, 9.17) is 10.8 Å². The molecule has 0 aliphatic heterocycles. The molecule has 0 aliphatic carbocycles. The summed E-state index contributed by atoms with van der Waals surface area (Å²) in [7, 11) is 0. The Morgan fingerprint density at radius 2 is 2.55 bits per heavy atom. The zero-order valence-corrected chi connectivity index (χ0v) is 5.47. The van der Waals surface area contributed by atoms with Crippen molar-refractivity contribution in [3.63, 3.8) is 0 Å². The van der Waals surface area contributed by atoms with Crippen LogP contribution in [0.3, 0.4) is 0 Å². The van der Waals surface area contributed by atoms with Gasteiger partial charge < -0.3 is 0 Å². The zero-order valence-electron chi connectivity index (χ0n) is 5.47. The summed E-state index contributed by atoms with van der Waals surface area (Å²) in [5.41, 5.74) is 8.47. The Labute approximate surface area is 62.5 Å². The Hall–Kier alpha value is -2.05. The lowest BCUT2D eigenvalue weighted by Gasteiger charge is -1.90. The van der Waals surface area contributed by atoms with Crippen LogP contribution in [0.15, 0.2) is 23.4 Å². The fourth-order valence-corrected chi connectivity index (χ4v) is 0.612. The monoisotopic (exact) mass is 145 g/mol. The third-order valence-electron chi connectivity index (χ3n) is 1.04. The van der Waals surface area contributed by atoms with Crippen LogP contribution < -0.4 is 0 Å². The molecule has 0 fully saturated rings. The number of nitriles is 1. The molecule has 1 rings (SSSR count). The molecule has 1 aromatic heterocycles. The molecule has 0 atom stereocenters. The van der Waals surface area contributed by atoms with Crippen molar-refractivity contribution in [3.05, 3.63) is 34.5 Å². The molecule has 5 nitrogen and oxygen atoms in total. The van der Waals surface area contributed by atoms with Crippen LogP contribution in [0.2, 0.25) is 0 Å². The van der Waals surface area contributed by atoms with Crippen molar-refractivity contribution in [2.24, 2.45) is 5.11 Å². The van der Waals surface area contributed by atoms with Gasteiger partial charge >= 0.3 is 0 Å². The van der Waals surface area contributed by atoms with Gasteiger partial charge in [0, 0.05) is 11.1 Å². The van der Waals surface area contributed by atoms with Gasteiger partial charge in [0.15, 0.2) is 0 Å². The molecule has 1 aromatic rings. The fourth-order valence-electron chi connectivity index (χ4n) is 0.612. The average Bonchev–Trinajstić information content (AvgIpc) is 2.06. The van der Waals surface area contributed by atoms with Crippen LogP contribution >= 0.6 is 0 Å². The van der Waals surface area contributed by atoms with E-state index in [1.807, 2.05) is 0 Å². The van der Waals surface area contributed by atoms with E-state index in [0.29, 0.717) is 0 Å². The lowest BCUT2D eigenvalue weighted by Crippen LogP contribution is -1.79. The Kier molecular flexibility index (Phi) is 2.06. The summed E-state index contributed by atoms with van der Waals surface area (Å²) < 4.78 is 0. The number of pyridine rings is 1. The molecule has 0 bridgehead atoms. The molecule has 0 N–H and O–H groups in total. The molecule has 0 aromatic carbocycles. The van der Waals surface area contributed by atoms with Crippen LogP contribution in [0.25, 0.3) is 10.4 Å². The first-order valence-electron chi connectivity index (χ1n) is 2.78. The Morgan fingerprint density at radius 1 is 1.73 bits per heavy atom. The molecule has 5 heteroatoms. The summed E-state index contributed by atoms with van der Waals surface area (Å²) in [6.07, 6.45) is 1.47. The lowest BCUT2D eigenvalue weighted by atomic mass is 10.3. The number of azide groups is 1. The third kappa shape index (κ3) is 1.45. The second-order valence-electron chi connectivity index (χ2n) is 1.67. The first-order chi connectivity index (χ1) is 5.38. The van der Waals surface area contributed by atoms with Gasteiger partial charge in [-0.1, -0.05) is 5.11 Å². The Morgan fingerprint density at radius 3 is 3.18 bits per heavy atom. The van der Waals surface area contributed by atoms with Gasteiger partial charge in [0.1, 0.15) is 11.8 Å². The number of hydrogen-bond donors (Lipinski definition) is 0. The zero-order chi connectivity index (χ0) is 8.10. The van der Waals surface area contributed by atoms with Crippen molar-refractivity contribution in [2.75, 3.05) is 0 Å². The number of nitrogens with zero attached hydrogens (tertiary/aromatic N) is 5. The van der Waals surface area contributed by atoms with Gasteiger partial charge in [0.05, 0.1) is 5.69 Å². The van der Waals surface area contributed by atoms with E-state index in [2.05, 4.69) is 15.0 Å². The van der Waals surface area contributed by atoms with Gasteiger partial charge in [-0.2, -0.15) is 5.26 Å². The van der Waals surface area contributed by atoms with Crippen molar-refractivity contribution < 1.29 is 0 Å². The maximum atomic E-state index is 8.45. The lowest BCUT2D eigenvalue weighted by molar-refractivity contribution is 1.24. The van der Waals surface area contributed by atoms with Crippen molar-refractivity contribution in [1.82, 2.24) is 4.98 Å². The van der Waals surface area contributed by atoms with E-state index in [1.165, 1.54) is 12.3 Å². The molecule has 0 saturated heterocycles. The van der Waals surface area contributed by atoms with E-state index in [-0.39, 0.29) is 11.4 Å². The maximum absolute atomic E-state index is 8.45. The van der Waals surface area contributed by atoms with Gasteiger partial charge in [0.25, 0.3) is 0 Å². The van der Waals surface area contributed by atoms with Crippen molar-refractivity contribution in [1.29, 1.82) is 5.26 Å². The number of hydrogen-bond acceptors (Lipinski definition) is 3. The maximum Gasteiger partial charge on any atom is 0.149 e. The number of rotatable bonds is 1. The Balaban J connectivity index is 3.25. The summed E-state index contributed by atoms with van der Waals surface area (Å²) in [6, 6.07) is 4.94. The Bertz CT molecular complexity index is 344. The average molecular weight is 145 g/mol. The normalized spacial score (nSPS) is 7.91. The van der Waals surface area contributed by atoms with Gasteiger partial charge in [0.2, 0.25) is 0 Å². The van der Waals surface area contributed by atoms with Crippen LogP contribution in [-0.4, -0.2) is 4.98 Å². The minimum Gasteiger partial charge on any atom is -0.245 e. The predicted octanol–water partition coefficient (Wildman–Crippen LogP) is 1.90. The van der Waals surface area contributed by atoms with E-state index < -0.39 is 0 Å². The largest absolute Gasteiger partial charge is 0.245 e. The molecule has 0 saturated carbocycles. The highest BCUT2D eigenvalue weighted by atomic mass is 15.1. The van der Waals surface area contributed by atoms with Crippen LogP contribution in [-0.2, 0) is 0 Å². The molecular weight excluding hydrogens is 142 g/mol. The van der Waals surface area contributed by atoms with Crippen LogP contribution in [0.5, 0.6) is 0 Å². The molecule has 0 unspecified atom stereocenters. The molecule has 0 aliphatic rings. The molecule has 11 heavy (non-hydrogen) atoms. The van der Waals surface area contributed by atoms with Gasteiger partial charge in [-0.25, -0.2) is 4.98 Å². The minimum atomic E-state index is 0.144. The molecule has 52 valence electrons. The van der Waals surface area contributed by atoms with Crippen molar-refractivity contribution >= 4 is 5.69 Å². The molecule has 0 spiro atoms. The van der Waals surface area contributed by atoms with E-state index in [0.717, 1.165) is 0 Å². The van der Waals surface area contributed by atoms with Gasteiger partial charge in [-0.3, -0.25) is 0 Å². The molecule has 0 radical (unpaired) electrons.